The Morgan fingerprint density at radius 1 is 1.39 bits per heavy atom. The number of rotatable bonds is 4. The Hall–Kier alpha value is -0.810. The van der Waals surface area contributed by atoms with Gasteiger partial charge in [-0.25, -0.2) is 4.79 Å². The van der Waals surface area contributed by atoms with E-state index in [0.717, 1.165) is 0 Å². The van der Waals surface area contributed by atoms with Crippen LogP contribution in [0.1, 0.15) is 34.6 Å². The number of nitrogens with one attached hydrogen (secondary N) is 1. The molecule has 0 aliphatic heterocycles. The van der Waals surface area contributed by atoms with Crippen LogP contribution >= 0.6 is 15.9 Å². The van der Waals surface area contributed by atoms with E-state index in [1.807, 2.05) is 0 Å². The third-order valence-corrected chi connectivity index (χ3v) is 2.45. The fraction of sp³-hybridized carbons (Fsp3) is 0.615. The van der Waals surface area contributed by atoms with E-state index in [0.29, 0.717) is 10.1 Å². The zero-order valence-electron chi connectivity index (χ0n) is 11.6. The molecule has 0 unspecified atom stereocenters. The summed E-state index contributed by atoms with van der Waals surface area (Å²) in [5.74, 6) is 0. The van der Waals surface area contributed by atoms with E-state index in [4.69, 9.17) is 4.74 Å². The molecule has 18 heavy (non-hydrogen) atoms. The van der Waals surface area contributed by atoms with Crippen molar-refractivity contribution < 1.29 is 14.6 Å². The SMILES string of the molecule is C=C(CNC(=O)OC(C)(C)C)/C(Br)=C\C(C)(C)O. The molecule has 0 radical (unpaired) electrons. The van der Waals surface area contributed by atoms with Gasteiger partial charge in [0.15, 0.2) is 0 Å². The number of hydrogen-bond donors (Lipinski definition) is 2. The number of ether oxygens (including phenoxy) is 1. The second-order valence-electron chi connectivity index (χ2n) is 5.60. The van der Waals surface area contributed by atoms with Gasteiger partial charge in [-0.3, -0.25) is 0 Å². The first-order chi connectivity index (χ1) is 7.91. The maximum atomic E-state index is 11.4. The van der Waals surface area contributed by atoms with E-state index in [9.17, 15) is 9.90 Å². The molecule has 0 fully saturated rings. The highest BCUT2D eigenvalue weighted by molar-refractivity contribution is 9.12. The smallest absolute Gasteiger partial charge is 0.407 e. The second-order valence-corrected chi connectivity index (χ2v) is 6.46. The summed E-state index contributed by atoms with van der Waals surface area (Å²) >= 11 is 3.30. The highest BCUT2D eigenvalue weighted by atomic mass is 79.9. The number of alkyl carbamates (subject to hydrolysis) is 1. The average Bonchev–Trinajstić information content (AvgIpc) is 2.08. The van der Waals surface area contributed by atoms with Crippen LogP contribution in [0.3, 0.4) is 0 Å². The van der Waals surface area contributed by atoms with Crippen LogP contribution in [-0.2, 0) is 4.74 Å². The molecule has 0 aliphatic rings. The predicted octanol–water partition coefficient (Wildman–Crippen LogP) is 3.12. The van der Waals surface area contributed by atoms with E-state index in [-0.39, 0.29) is 6.54 Å². The van der Waals surface area contributed by atoms with Gasteiger partial charge in [0, 0.05) is 11.0 Å². The largest absolute Gasteiger partial charge is 0.444 e. The molecule has 0 spiro atoms. The van der Waals surface area contributed by atoms with E-state index < -0.39 is 17.3 Å². The molecule has 0 bridgehead atoms. The molecular formula is C13H22BrNO3. The van der Waals surface area contributed by atoms with Gasteiger partial charge in [-0.15, -0.1) is 0 Å². The molecular weight excluding hydrogens is 298 g/mol. The van der Waals surface area contributed by atoms with Crippen molar-refractivity contribution in [3.8, 4) is 0 Å². The minimum absolute atomic E-state index is 0.252. The molecule has 0 atom stereocenters. The number of hydrogen-bond acceptors (Lipinski definition) is 3. The monoisotopic (exact) mass is 319 g/mol. The first kappa shape index (κ1) is 17.2. The van der Waals surface area contributed by atoms with E-state index in [2.05, 4.69) is 27.8 Å². The Morgan fingerprint density at radius 2 is 1.89 bits per heavy atom. The van der Waals surface area contributed by atoms with Gasteiger partial charge in [-0.1, -0.05) is 22.5 Å². The molecule has 1 amide bonds. The Morgan fingerprint density at radius 3 is 2.28 bits per heavy atom. The fourth-order valence-electron chi connectivity index (χ4n) is 0.990. The Bertz CT molecular complexity index is 348. The third kappa shape index (κ3) is 9.24. The van der Waals surface area contributed by atoms with Crippen molar-refractivity contribution in [1.82, 2.24) is 5.32 Å². The van der Waals surface area contributed by atoms with Crippen molar-refractivity contribution in [2.45, 2.75) is 45.8 Å². The highest BCUT2D eigenvalue weighted by Crippen LogP contribution is 2.19. The summed E-state index contributed by atoms with van der Waals surface area (Å²) in [6.45, 7) is 12.8. The predicted molar refractivity (Wildman–Crippen MR) is 76.7 cm³/mol. The van der Waals surface area contributed by atoms with E-state index >= 15 is 0 Å². The number of amides is 1. The van der Waals surface area contributed by atoms with Crippen LogP contribution < -0.4 is 5.32 Å². The van der Waals surface area contributed by atoms with Crippen LogP contribution in [0.15, 0.2) is 22.7 Å². The molecule has 0 aromatic rings. The third-order valence-electron chi connectivity index (χ3n) is 1.66. The maximum absolute atomic E-state index is 11.4. The zero-order valence-corrected chi connectivity index (χ0v) is 13.2. The first-order valence-electron chi connectivity index (χ1n) is 5.66. The number of carbonyl (C=O) groups excluding carboxylic acids is 1. The van der Waals surface area contributed by atoms with Crippen LogP contribution in [0.4, 0.5) is 4.79 Å². The summed E-state index contributed by atoms with van der Waals surface area (Å²) in [5, 5.41) is 12.2. The van der Waals surface area contributed by atoms with Gasteiger partial charge in [0.05, 0.1) is 5.60 Å². The minimum atomic E-state index is -0.937. The van der Waals surface area contributed by atoms with Gasteiger partial charge in [-0.2, -0.15) is 0 Å². The normalized spacial score (nSPS) is 13.2. The molecule has 5 heteroatoms. The molecule has 0 aromatic heterocycles. The van der Waals surface area contributed by atoms with Gasteiger partial charge < -0.3 is 15.2 Å². The molecule has 0 saturated carbocycles. The van der Waals surface area contributed by atoms with Crippen molar-refractivity contribution in [2.24, 2.45) is 0 Å². The van der Waals surface area contributed by atoms with E-state index in [1.54, 1.807) is 40.7 Å². The second kappa shape index (κ2) is 6.38. The van der Waals surface area contributed by atoms with Crippen molar-refractivity contribution >= 4 is 22.0 Å². The Balaban J connectivity index is 4.28. The van der Waals surface area contributed by atoms with Crippen LogP contribution in [0, 0.1) is 0 Å². The summed E-state index contributed by atoms with van der Waals surface area (Å²) in [4.78, 5) is 11.4. The van der Waals surface area contributed by atoms with Crippen LogP contribution in [-0.4, -0.2) is 28.9 Å². The van der Waals surface area contributed by atoms with Crippen molar-refractivity contribution in [2.75, 3.05) is 6.54 Å². The lowest BCUT2D eigenvalue weighted by Gasteiger charge is -2.20. The van der Waals surface area contributed by atoms with Crippen molar-refractivity contribution in [3.05, 3.63) is 22.7 Å². The van der Waals surface area contributed by atoms with Gasteiger partial charge in [0.1, 0.15) is 5.60 Å². The Labute approximate surface area is 117 Å². The highest BCUT2D eigenvalue weighted by Gasteiger charge is 2.16. The number of halogens is 1. The number of aliphatic hydroxyl groups is 1. The van der Waals surface area contributed by atoms with Crippen LogP contribution in [0.5, 0.6) is 0 Å². The molecule has 0 aliphatic carbocycles. The molecule has 0 rings (SSSR count). The maximum Gasteiger partial charge on any atom is 0.407 e. The lowest BCUT2D eigenvalue weighted by Crippen LogP contribution is -2.33. The molecule has 0 heterocycles. The zero-order chi connectivity index (χ0) is 14.6. The lowest BCUT2D eigenvalue weighted by molar-refractivity contribution is 0.0533. The summed E-state index contributed by atoms with van der Waals surface area (Å²) in [6.07, 6.45) is 1.12. The first-order valence-corrected chi connectivity index (χ1v) is 6.46. The molecule has 0 aromatic carbocycles. The Kier molecular flexibility index (Phi) is 6.10. The number of carbonyl (C=O) groups is 1. The van der Waals surface area contributed by atoms with Gasteiger partial charge in [0.25, 0.3) is 0 Å². The average molecular weight is 320 g/mol. The summed E-state index contributed by atoms with van der Waals surface area (Å²) in [7, 11) is 0. The molecule has 0 saturated heterocycles. The topological polar surface area (TPSA) is 58.6 Å². The summed E-state index contributed by atoms with van der Waals surface area (Å²) in [5.41, 5.74) is -0.804. The quantitative estimate of drug-likeness (QED) is 0.783. The van der Waals surface area contributed by atoms with Crippen molar-refractivity contribution in [3.63, 3.8) is 0 Å². The fourth-order valence-corrected chi connectivity index (χ4v) is 1.69. The van der Waals surface area contributed by atoms with Gasteiger partial charge >= 0.3 is 6.09 Å². The van der Waals surface area contributed by atoms with Crippen LogP contribution in [0.25, 0.3) is 0 Å². The lowest BCUT2D eigenvalue weighted by atomic mass is 10.1. The standard InChI is InChI=1S/C13H22BrNO3/c1-9(10(14)7-13(5,6)17)8-15-11(16)18-12(2,3)4/h7,17H,1,8H2,2-6H3,(H,15,16)/b10-7+. The van der Waals surface area contributed by atoms with Gasteiger partial charge in [-0.05, 0) is 46.3 Å². The molecule has 104 valence electrons. The van der Waals surface area contributed by atoms with Crippen LogP contribution in [0.2, 0.25) is 0 Å². The summed E-state index contributed by atoms with van der Waals surface area (Å²) in [6, 6.07) is 0. The summed E-state index contributed by atoms with van der Waals surface area (Å²) < 4.78 is 5.75. The van der Waals surface area contributed by atoms with Gasteiger partial charge in [0.2, 0.25) is 0 Å². The van der Waals surface area contributed by atoms with E-state index in [1.165, 1.54) is 0 Å². The molecule has 4 nitrogen and oxygen atoms in total. The minimum Gasteiger partial charge on any atom is -0.444 e. The van der Waals surface area contributed by atoms with Crippen molar-refractivity contribution in [1.29, 1.82) is 0 Å². The molecule has 2 N–H and O–H groups in total.